The highest BCUT2D eigenvalue weighted by Crippen LogP contribution is 2.31. The molecule has 2 rings (SSSR count). The van der Waals surface area contributed by atoms with Gasteiger partial charge in [0.15, 0.2) is 5.84 Å². The molecule has 0 saturated carbocycles. The number of oxime groups is 1. The molecule has 0 spiro atoms. The summed E-state index contributed by atoms with van der Waals surface area (Å²) in [5.41, 5.74) is 7.42. The standard InChI is InChI=1S/C12H17N3O2S/c1-8-2-5-14-12(10(8)11(13)15-16)18-9-3-6-17-7-4-9/h2,5,9,16H,3-4,6-7H2,1H3,(H2,13,15). The van der Waals surface area contributed by atoms with Crippen LogP contribution in [0.15, 0.2) is 22.4 Å². The second-order valence-corrected chi connectivity index (χ2v) is 5.51. The lowest BCUT2D eigenvalue weighted by Gasteiger charge is -2.22. The van der Waals surface area contributed by atoms with Gasteiger partial charge in [-0.25, -0.2) is 4.98 Å². The Kier molecular flexibility index (Phi) is 4.43. The maximum absolute atomic E-state index is 8.85. The Morgan fingerprint density at radius 1 is 1.56 bits per heavy atom. The Bertz CT molecular complexity index is 445. The molecule has 1 fully saturated rings. The van der Waals surface area contributed by atoms with Crippen molar-refractivity contribution in [2.75, 3.05) is 13.2 Å². The minimum absolute atomic E-state index is 0.121. The van der Waals surface area contributed by atoms with Crippen molar-refractivity contribution in [1.29, 1.82) is 0 Å². The van der Waals surface area contributed by atoms with E-state index in [-0.39, 0.29) is 5.84 Å². The van der Waals surface area contributed by atoms with Gasteiger partial charge in [0.25, 0.3) is 0 Å². The van der Waals surface area contributed by atoms with Crippen LogP contribution in [-0.2, 0) is 4.74 Å². The first-order chi connectivity index (χ1) is 8.72. The molecule has 0 aromatic carbocycles. The summed E-state index contributed by atoms with van der Waals surface area (Å²) in [5, 5.41) is 13.3. The van der Waals surface area contributed by atoms with Gasteiger partial charge in [-0.1, -0.05) is 5.16 Å². The smallest absolute Gasteiger partial charge is 0.173 e. The molecule has 0 atom stereocenters. The zero-order chi connectivity index (χ0) is 13.0. The Morgan fingerprint density at radius 2 is 2.28 bits per heavy atom. The third-order valence-electron chi connectivity index (χ3n) is 2.94. The van der Waals surface area contributed by atoms with Crippen LogP contribution in [0.2, 0.25) is 0 Å². The number of aromatic nitrogens is 1. The molecule has 5 nitrogen and oxygen atoms in total. The first-order valence-corrected chi connectivity index (χ1v) is 6.78. The van der Waals surface area contributed by atoms with E-state index in [0.717, 1.165) is 42.2 Å². The van der Waals surface area contributed by atoms with Crippen molar-refractivity contribution in [1.82, 2.24) is 4.98 Å². The number of pyridine rings is 1. The zero-order valence-corrected chi connectivity index (χ0v) is 11.1. The Labute approximate surface area is 110 Å². The molecule has 0 unspecified atom stereocenters. The van der Waals surface area contributed by atoms with E-state index in [2.05, 4.69) is 10.1 Å². The summed E-state index contributed by atoms with van der Waals surface area (Å²) in [6, 6.07) is 1.86. The first kappa shape index (κ1) is 13.2. The summed E-state index contributed by atoms with van der Waals surface area (Å²) in [7, 11) is 0. The van der Waals surface area contributed by atoms with E-state index in [1.165, 1.54) is 0 Å². The zero-order valence-electron chi connectivity index (χ0n) is 10.3. The maximum atomic E-state index is 8.85. The van der Waals surface area contributed by atoms with E-state index in [4.69, 9.17) is 15.7 Å². The summed E-state index contributed by atoms with van der Waals surface area (Å²) in [6.45, 7) is 3.52. The third-order valence-corrected chi connectivity index (χ3v) is 4.27. The molecular formula is C12H17N3O2S. The number of nitrogens with two attached hydrogens (primary N) is 1. The van der Waals surface area contributed by atoms with Gasteiger partial charge in [-0.15, -0.1) is 11.8 Å². The molecule has 6 heteroatoms. The van der Waals surface area contributed by atoms with Crippen molar-refractivity contribution in [2.45, 2.75) is 30.0 Å². The number of aryl methyl sites for hydroxylation is 1. The number of rotatable bonds is 3. The number of hydrogen-bond donors (Lipinski definition) is 2. The predicted octanol–water partition coefficient (Wildman–Crippen LogP) is 1.76. The fourth-order valence-electron chi connectivity index (χ4n) is 1.94. The van der Waals surface area contributed by atoms with Gasteiger partial charge in [-0.05, 0) is 31.4 Å². The molecule has 3 N–H and O–H groups in total. The van der Waals surface area contributed by atoms with Crippen LogP contribution < -0.4 is 5.73 Å². The van der Waals surface area contributed by atoms with Gasteiger partial charge in [0.05, 0.1) is 5.56 Å². The average molecular weight is 267 g/mol. The van der Waals surface area contributed by atoms with Crippen LogP contribution in [-0.4, -0.2) is 34.5 Å². The molecule has 2 heterocycles. The quantitative estimate of drug-likeness (QED) is 0.377. The largest absolute Gasteiger partial charge is 0.409 e. The highest BCUT2D eigenvalue weighted by Gasteiger charge is 2.19. The van der Waals surface area contributed by atoms with E-state index in [0.29, 0.717) is 5.25 Å². The molecule has 18 heavy (non-hydrogen) atoms. The predicted molar refractivity (Wildman–Crippen MR) is 71.2 cm³/mol. The second-order valence-electron chi connectivity index (χ2n) is 4.22. The lowest BCUT2D eigenvalue weighted by atomic mass is 10.1. The summed E-state index contributed by atoms with van der Waals surface area (Å²) in [6.07, 6.45) is 3.77. The van der Waals surface area contributed by atoms with Crippen molar-refractivity contribution in [3.63, 3.8) is 0 Å². The second kappa shape index (κ2) is 6.06. The molecule has 1 aromatic heterocycles. The number of thioether (sulfide) groups is 1. The fraction of sp³-hybridized carbons (Fsp3) is 0.500. The van der Waals surface area contributed by atoms with Gasteiger partial charge in [-0.3, -0.25) is 0 Å². The summed E-state index contributed by atoms with van der Waals surface area (Å²) in [5.74, 6) is 0.121. The normalized spacial score (nSPS) is 17.9. The minimum atomic E-state index is 0.121. The summed E-state index contributed by atoms with van der Waals surface area (Å²) in [4.78, 5) is 4.35. The lowest BCUT2D eigenvalue weighted by molar-refractivity contribution is 0.1000. The van der Waals surface area contributed by atoms with E-state index in [1.54, 1.807) is 18.0 Å². The van der Waals surface area contributed by atoms with Crippen LogP contribution in [0, 0.1) is 6.92 Å². The van der Waals surface area contributed by atoms with Crippen molar-refractivity contribution >= 4 is 17.6 Å². The fourth-order valence-corrected chi connectivity index (χ4v) is 3.18. The summed E-state index contributed by atoms with van der Waals surface area (Å²) < 4.78 is 5.34. The molecule has 1 aromatic rings. The van der Waals surface area contributed by atoms with Crippen LogP contribution in [0.25, 0.3) is 0 Å². The summed E-state index contributed by atoms with van der Waals surface area (Å²) >= 11 is 1.69. The molecule has 0 bridgehead atoms. The van der Waals surface area contributed by atoms with Crippen LogP contribution >= 0.6 is 11.8 Å². The van der Waals surface area contributed by atoms with Gasteiger partial charge in [0, 0.05) is 24.7 Å². The van der Waals surface area contributed by atoms with E-state index in [9.17, 15) is 0 Å². The molecule has 1 saturated heterocycles. The Balaban J connectivity index is 2.23. The van der Waals surface area contributed by atoms with E-state index < -0.39 is 0 Å². The first-order valence-electron chi connectivity index (χ1n) is 5.90. The van der Waals surface area contributed by atoms with Crippen LogP contribution in [0.4, 0.5) is 0 Å². The number of ether oxygens (including phenoxy) is 1. The highest BCUT2D eigenvalue weighted by molar-refractivity contribution is 7.99. The Morgan fingerprint density at radius 3 is 2.94 bits per heavy atom. The molecule has 0 radical (unpaired) electrons. The highest BCUT2D eigenvalue weighted by atomic mass is 32.2. The van der Waals surface area contributed by atoms with Crippen molar-refractivity contribution in [2.24, 2.45) is 10.9 Å². The number of amidine groups is 1. The molecular weight excluding hydrogens is 250 g/mol. The van der Waals surface area contributed by atoms with Crippen LogP contribution in [0.1, 0.15) is 24.0 Å². The van der Waals surface area contributed by atoms with Crippen molar-refractivity contribution in [3.8, 4) is 0 Å². The van der Waals surface area contributed by atoms with Gasteiger partial charge in [-0.2, -0.15) is 0 Å². The van der Waals surface area contributed by atoms with Crippen molar-refractivity contribution in [3.05, 3.63) is 23.4 Å². The Hall–Kier alpha value is -1.27. The van der Waals surface area contributed by atoms with E-state index in [1.807, 2.05) is 13.0 Å². The average Bonchev–Trinajstić information content (AvgIpc) is 2.39. The van der Waals surface area contributed by atoms with Gasteiger partial charge in [0.2, 0.25) is 0 Å². The molecule has 0 amide bonds. The third kappa shape index (κ3) is 2.94. The number of nitrogens with zero attached hydrogens (tertiary/aromatic N) is 2. The van der Waals surface area contributed by atoms with Gasteiger partial charge < -0.3 is 15.7 Å². The monoisotopic (exact) mass is 267 g/mol. The molecule has 0 aliphatic carbocycles. The number of hydrogen-bond acceptors (Lipinski definition) is 5. The van der Waals surface area contributed by atoms with Crippen LogP contribution in [0.3, 0.4) is 0 Å². The van der Waals surface area contributed by atoms with Crippen LogP contribution in [0.5, 0.6) is 0 Å². The van der Waals surface area contributed by atoms with Crippen molar-refractivity contribution < 1.29 is 9.94 Å². The molecule has 1 aliphatic rings. The van der Waals surface area contributed by atoms with Gasteiger partial charge >= 0.3 is 0 Å². The molecule has 98 valence electrons. The van der Waals surface area contributed by atoms with E-state index >= 15 is 0 Å². The lowest BCUT2D eigenvalue weighted by Crippen LogP contribution is -2.20. The minimum Gasteiger partial charge on any atom is -0.409 e. The molecule has 1 aliphatic heterocycles. The SMILES string of the molecule is Cc1ccnc(SC2CCOCC2)c1/C(N)=N/O. The maximum Gasteiger partial charge on any atom is 0.173 e. The van der Waals surface area contributed by atoms with Gasteiger partial charge in [0.1, 0.15) is 5.03 Å². The topological polar surface area (TPSA) is 80.7 Å².